The van der Waals surface area contributed by atoms with Crippen molar-refractivity contribution in [3.8, 4) is 0 Å². The normalized spacial score (nSPS) is 22.4. The number of benzene rings is 1. The lowest BCUT2D eigenvalue weighted by Crippen LogP contribution is -2.43. The molecule has 21 heavy (non-hydrogen) atoms. The maximum absolute atomic E-state index is 6.08. The zero-order chi connectivity index (χ0) is 14.1. The van der Waals surface area contributed by atoms with Gasteiger partial charge in [0, 0.05) is 18.8 Å². The molecule has 0 aliphatic carbocycles. The van der Waals surface area contributed by atoms with E-state index in [1.54, 1.807) is 6.20 Å². The summed E-state index contributed by atoms with van der Waals surface area (Å²) >= 11 is 0. The third-order valence-electron chi connectivity index (χ3n) is 3.81. The van der Waals surface area contributed by atoms with Crippen LogP contribution in [0.4, 0.5) is 5.69 Å². The van der Waals surface area contributed by atoms with Crippen LogP contribution in [0, 0.1) is 6.20 Å². The van der Waals surface area contributed by atoms with E-state index in [9.17, 15) is 0 Å². The van der Waals surface area contributed by atoms with Gasteiger partial charge in [-0.15, -0.1) is 0 Å². The number of nitrogens with zero attached hydrogens (tertiary/aromatic N) is 3. The molecule has 1 aromatic carbocycles. The molecule has 1 aromatic heterocycles. The van der Waals surface area contributed by atoms with Gasteiger partial charge in [-0.3, -0.25) is 9.80 Å². The smallest absolute Gasteiger partial charge is 0.237 e. The van der Waals surface area contributed by atoms with Gasteiger partial charge in [0.2, 0.25) is 6.35 Å². The molecule has 4 rings (SSSR count). The number of anilines is 1. The van der Waals surface area contributed by atoms with E-state index in [0.29, 0.717) is 11.5 Å². The summed E-state index contributed by atoms with van der Waals surface area (Å²) in [4.78, 5) is 8.30. The van der Waals surface area contributed by atoms with Gasteiger partial charge in [-0.1, -0.05) is 18.2 Å². The van der Waals surface area contributed by atoms with Crippen LogP contribution in [0.3, 0.4) is 0 Å². The van der Waals surface area contributed by atoms with E-state index in [0.717, 1.165) is 18.8 Å². The fourth-order valence-electron chi connectivity index (χ4n) is 2.77. The first-order valence-corrected chi connectivity index (χ1v) is 7.19. The number of oxazole rings is 1. The van der Waals surface area contributed by atoms with Gasteiger partial charge >= 0.3 is 0 Å². The highest BCUT2D eigenvalue weighted by Gasteiger charge is 2.35. The van der Waals surface area contributed by atoms with Gasteiger partial charge in [0.25, 0.3) is 0 Å². The Morgan fingerprint density at radius 3 is 2.67 bits per heavy atom. The summed E-state index contributed by atoms with van der Waals surface area (Å²) in [5.74, 6) is 1.21. The highest BCUT2D eigenvalue weighted by molar-refractivity contribution is 5.61. The highest BCUT2D eigenvalue weighted by Crippen LogP contribution is 2.33. The Kier molecular flexibility index (Phi) is 3.12. The van der Waals surface area contributed by atoms with E-state index >= 15 is 0 Å². The van der Waals surface area contributed by atoms with Gasteiger partial charge in [0.05, 0.1) is 6.20 Å². The molecule has 1 radical (unpaired) electrons. The minimum absolute atomic E-state index is 0.157. The van der Waals surface area contributed by atoms with Crippen molar-refractivity contribution < 1.29 is 9.15 Å². The minimum atomic E-state index is -0.157. The highest BCUT2D eigenvalue weighted by atomic mass is 16.5. The van der Waals surface area contributed by atoms with Gasteiger partial charge in [0.15, 0.2) is 17.9 Å². The van der Waals surface area contributed by atoms with E-state index < -0.39 is 0 Å². The third-order valence-corrected chi connectivity index (χ3v) is 3.81. The summed E-state index contributed by atoms with van der Waals surface area (Å²) in [6.07, 6.45) is 8.61. The second-order valence-corrected chi connectivity index (χ2v) is 5.20. The van der Waals surface area contributed by atoms with Gasteiger partial charge < -0.3 is 9.15 Å². The van der Waals surface area contributed by atoms with E-state index in [1.807, 2.05) is 23.1 Å². The molecule has 2 aliphatic rings. The standard InChI is InChI=1S/C16H16N3O2/c1-2-6-13(7-3-1)19-11-15(14-10-17-12-20-14)21-16(19)18-8-4-5-9-18/h1-3,6-7,10,12,16H,4-5,8-9H2. The molecule has 5 heteroatoms. The van der Waals surface area contributed by atoms with E-state index in [-0.39, 0.29) is 6.35 Å². The van der Waals surface area contributed by atoms with Crippen LogP contribution >= 0.6 is 0 Å². The fraction of sp³-hybridized carbons (Fsp3) is 0.312. The van der Waals surface area contributed by atoms with Crippen LogP contribution in [0.1, 0.15) is 18.6 Å². The average Bonchev–Trinajstić information content (AvgIpc) is 3.27. The lowest BCUT2D eigenvalue weighted by atomic mass is 10.3. The Balaban J connectivity index is 1.67. The summed E-state index contributed by atoms with van der Waals surface area (Å²) in [5, 5.41) is 0. The van der Waals surface area contributed by atoms with E-state index in [2.05, 4.69) is 28.2 Å². The first-order chi connectivity index (χ1) is 10.4. The second kappa shape index (κ2) is 5.26. The molecule has 1 fully saturated rings. The molecule has 2 aromatic rings. The Labute approximate surface area is 123 Å². The predicted molar refractivity (Wildman–Crippen MR) is 77.8 cm³/mol. The average molecular weight is 282 g/mol. The first kappa shape index (κ1) is 12.5. The summed E-state index contributed by atoms with van der Waals surface area (Å²) < 4.78 is 11.4. The largest absolute Gasteiger partial charge is 0.450 e. The molecule has 0 amide bonds. The van der Waals surface area contributed by atoms with Crippen LogP contribution in [0.15, 0.2) is 47.3 Å². The first-order valence-electron chi connectivity index (χ1n) is 7.19. The summed E-state index contributed by atoms with van der Waals surface area (Å²) in [5.41, 5.74) is 1.06. The molecule has 107 valence electrons. The van der Waals surface area contributed by atoms with Crippen LogP contribution in [0.25, 0.3) is 5.76 Å². The van der Waals surface area contributed by atoms with Crippen LogP contribution in [-0.4, -0.2) is 29.3 Å². The van der Waals surface area contributed by atoms with Gasteiger partial charge in [-0.05, 0) is 25.0 Å². The minimum Gasteiger partial charge on any atom is -0.450 e. The lowest BCUT2D eigenvalue weighted by molar-refractivity contribution is 0.0368. The number of para-hydroxylation sites is 1. The topological polar surface area (TPSA) is 41.7 Å². The monoisotopic (exact) mass is 282 g/mol. The molecule has 0 N–H and O–H groups in total. The molecule has 1 atom stereocenters. The molecule has 5 nitrogen and oxygen atoms in total. The van der Waals surface area contributed by atoms with Crippen molar-refractivity contribution in [2.24, 2.45) is 0 Å². The molecule has 3 heterocycles. The fourth-order valence-corrected chi connectivity index (χ4v) is 2.77. The van der Waals surface area contributed by atoms with Crippen LogP contribution < -0.4 is 4.90 Å². The quantitative estimate of drug-likeness (QED) is 0.866. The molecular weight excluding hydrogens is 266 g/mol. The maximum Gasteiger partial charge on any atom is 0.237 e. The van der Waals surface area contributed by atoms with Crippen molar-refractivity contribution in [1.29, 1.82) is 0 Å². The number of aromatic nitrogens is 1. The zero-order valence-corrected chi connectivity index (χ0v) is 11.6. The molecule has 1 unspecified atom stereocenters. The van der Waals surface area contributed by atoms with E-state index in [1.165, 1.54) is 19.2 Å². The SMILES string of the molecule is [C]1=C(c2cnco2)OC(N2CCCC2)N1c1ccccc1. The van der Waals surface area contributed by atoms with Crippen LogP contribution in [-0.2, 0) is 4.74 Å². The number of hydrogen-bond acceptors (Lipinski definition) is 5. The molecule has 0 saturated carbocycles. The summed E-state index contributed by atoms with van der Waals surface area (Å²) in [6.45, 7) is 2.08. The number of likely N-dealkylation sites (tertiary alicyclic amines) is 1. The van der Waals surface area contributed by atoms with Gasteiger partial charge in [0.1, 0.15) is 6.20 Å². The third kappa shape index (κ3) is 2.29. The van der Waals surface area contributed by atoms with Crippen LogP contribution in [0.5, 0.6) is 0 Å². The molecule has 1 saturated heterocycles. The molecule has 0 spiro atoms. The Morgan fingerprint density at radius 2 is 1.95 bits per heavy atom. The van der Waals surface area contributed by atoms with Crippen molar-refractivity contribution in [2.75, 3.05) is 18.0 Å². The van der Waals surface area contributed by atoms with Gasteiger partial charge in [-0.25, -0.2) is 4.98 Å². The van der Waals surface area contributed by atoms with Crippen LogP contribution in [0.2, 0.25) is 0 Å². The van der Waals surface area contributed by atoms with Crippen molar-refractivity contribution in [3.63, 3.8) is 0 Å². The Bertz CT molecular complexity index is 618. The number of rotatable bonds is 3. The molecule has 2 aliphatic heterocycles. The van der Waals surface area contributed by atoms with Crippen molar-refractivity contribution in [3.05, 3.63) is 54.9 Å². The van der Waals surface area contributed by atoms with Crippen molar-refractivity contribution in [1.82, 2.24) is 9.88 Å². The Hall–Kier alpha value is -2.27. The number of ether oxygens (including phenoxy) is 1. The molecular formula is C16H16N3O2. The lowest BCUT2D eigenvalue weighted by Gasteiger charge is -2.30. The zero-order valence-electron chi connectivity index (χ0n) is 11.6. The van der Waals surface area contributed by atoms with Crippen molar-refractivity contribution >= 4 is 11.4 Å². The Morgan fingerprint density at radius 1 is 1.14 bits per heavy atom. The summed E-state index contributed by atoms with van der Waals surface area (Å²) in [6, 6.07) is 10.2. The second-order valence-electron chi connectivity index (χ2n) is 5.20. The molecule has 0 bridgehead atoms. The van der Waals surface area contributed by atoms with Crippen molar-refractivity contribution in [2.45, 2.75) is 19.2 Å². The van der Waals surface area contributed by atoms with Gasteiger partial charge in [-0.2, -0.15) is 0 Å². The number of hydrogen-bond donors (Lipinski definition) is 0. The summed E-state index contributed by atoms with van der Waals surface area (Å²) in [7, 11) is 0. The van der Waals surface area contributed by atoms with E-state index in [4.69, 9.17) is 9.15 Å². The maximum atomic E-state index is 6.08. The predicted octanol–water partition coefficient (Wildman–Crippen LogP) is 2.69.